The SMILES string of the molecule is [2H]C([2H])([2H])C(C)(NC(C)C(=O)c1ccc(Cl)c(Cl)c1)C([2H])([2H])[2H]. The minimum Gasteiger partial charge on any atom is -0.303 e. The van der Waals surface area contributed by atoms with Gasteiger partial charge >= 0.3 is 0 Å². The van der Waals surface area contributed by atoms with Crippen molar-refractivity contribution in [2.24, 2.45) is 0 Å². The van der Waals surface area contributed by atoms with E-state index in [1.807, 2.05) is 0 Å². The van der Waals surface area contributed by atoms with Crippen molar-refractivity contribution >= 4 is 29.0 Å². The van der Waals surface area contributed by atoms with Crippen molar-refractivity contribution < 1.29 is 13.0 Å². The number of benzene rings is 1. The standard InChI is InChI=1S/C13H17Cl2NO/c1-8(16-13(2,3)4)12(17)9-5-6-10(14)11(15)7-9/h5-8,16H,1-4H3/i2D3,3D3. The Morgan fingerprint density at radius 2 is 2.06 bits per heavy atom. The van der Waals surface area contributed by atoms with E-state index < -0.39 is 31.1 Å². The summed E-state index contributed by atoms with van der Waals surface area (Å²) < 4.78 is 45.0. The van der Waals surface area contributed by atoms with Gasteiger partial charge in [0.25, 0.3) is 0 Å². The van der Waals surface area contributed by atoms with Crippen molar-refractivity contribution in [1.82, 2.24) is 5.32 Å². The average molecular weight is 280 g/mol. The van der Waals surface area contributed by atoms with Crippen molar-refractivity contribution in [3.05, 3.63) is 33.8 Å². The van der Waals surface area contributed by atoms with Crippen LogP contribution in [0.2, 0.25) is 10.0 Å². The number of rotatable bonds is 3. The number of ketones is 1. The van der Waals surface area contributed by atoms with E-state index in [4.69, 9.17) is 31.4 Å². The van der Waals surface area contributed by atoms with Gasteiger partial charge in [-0.25, -0.2) is 0 Å². The second-order valence-corrected chi connectivity index (χ2v) is 4.80. The van der Waals surface area contributed by atoms with Gasteiger partial charge in [-0.1, -0.05) is 23.2 Å². The Morgan fingerprint density at radius 3 is 2.59 bits per heavy atom. The van der Waals surface area contributed by atoms with Crippen molar-refractivity contribution in [2.75, 3.05) is 0 Å². The molecule has 0 aliphatic rings. The molecule has 0 radical (unpaired) electrons. The van der Waals surface area contributed by atoms with Gasteiger partial charge in [-0.3, -0.25) is 4.79 Å². The number of carbonyl (C=O) groups is 1. The zero-order valence-corrected chi connectivity index (χ0v) is 11.0. The molecule has 17 heavy (non-hydrogen) atoms. The summed E-state index contributed by atoms with van der Waals surface area (Å²) in [5, 5.41) is 2.91. The summed E-state index contributed by atoms with van der Waals surface area (Å²) in [6.45, 7) is -3.19. The lowest BCUT2D eigenvalue weighted by molar-refractivity contribution is 0.0936. The Labute approximate surface area is 121 Å². The Balaban J connectivity index is 3.10. The third kappa shape index (κ3) is 4.30. The zero-order chi connectivity index (χ0) is 18.2. The summed E-state index contributed by atoms with van der Waals surface area (Å²) in [6.07, 6.45) is 0. The van der Waals surface area contributed by atoms with Crippen LogP contribution in [0.25, 0.3) is 0 Å². The Morgan fingerprint density at radius 1 is 1.41 bits per heavy atom. The van der Waals surface area contributed by atoms with Crippen LogP contribution in [0.3, 0.4) is 0 Å². The van der Waals surface area contributed by atoms with Crippen LogP contribution < -0.4 is 5.32 Å². The van der Waals surface area contributed by atoms with Crippen LogP contribution in [0.1, 0.15) is 46.1 Å². The average Bonchev–Trinajstić information content (AvgIpc) is 2.38. The molecule has 0 aliphatic heterocycles. The second-order valence-electron chi connectivity index (χ2n) is 3.98. The Kier molecular flexibility index (Phi) is 2.46. The molecule has 0 saturated carbocycles. The van der Waals surface area contributed by atoms with Gasteiger partial charge in [0.2, 0.25) is 0 Å². The number of halogens is 2. The highest BCUT2D eigenvalue weighted by molar-refractivity contribution is 6.42. The van der Waals surface area contributed by atoms with Gasteiger partial charge in [0.05, 0.1) is 16.1 Å². The van der Waals surface area contributed by atoms with Gasteiger partial charge in [0.1, 0.15) is 0 Å². The normalized spacial score (nSPS) is 20.2. The summed E-state index contributed by atoms with van der Waals surface area (Å²) in [5.41, 5.74) is -2.02. The molecule has 0 spiro atoms. The van der Waals surface area contributed by atoms with Gasteiger partial charge < -0.3 is 5.32 Å². The highest BCUT2D eigenvalue weighted by atomic mass is 35.5. The molecule has 0 heterocycles. The van der Waals surface area contributed by atoms with Gasteiger partial charge in [-0.2, -0.15) is 0 Å². The van der Waals surface area contributed by atoms with Gasteiger partial charge in [0.15, 0.2) is 5.78 Å². The molecule has 0 fully saturated rings. The van der Waals surface area contributed by atoms with E-state index in [0.29, 0.717) is 0 Å². The van der Waals surface area contributed by atoms with E-state index in [-0.39, 0.29) is 15.6 Å². The second kappa shape index (κ2) is 5.38. The fourth-order valence-corrected chi connectivity index (χ4v) is 1.70. The Bertz CT molecular complexity index is 585. The van der Waals surface area contributed by atoms with Gasteiger partial charge in [0, 0.05) is 19.3 Å². The molecular weight excluding hydrogens is 257 g/mol. The molecule has 0 bridgehead atoms. The minimum atomic E-state index is -2.83. The first-order valence-corrected chi connectivity index (χ1v) is 5.73. The zero-order valence-electron chi connectivity index (χ0n) is 15.5. The number of Topliss-reactive ketones (excluding diaryl/α,β-unsaturated/α-hetero) is 1. The molecule has 0 amide bonds. The number of nitrogens with one attached hydrogen (secondary N) is 1. The van der Waals surface area contributed by atoms with Crippen molar-refractivity contribution in [3.63, 3.8) is 0 Å². The maximum Gasteiger partial charge on any atom is 0.179 e. The van der Waals surface area contributed by atoms with Crippen LogP contribution in [0, 0.1) is 0 Å². The molecule has 94 valence electrons. The Hall–Kier alpha value is -0.570. The number of hydrogen-bond donors (Lipinski definition) is 1. The van der Waals surface area contributed by atoms with Crippen molar-refractivity contribution in [3.8, 4) is 0 Å². The summed E-state index contributed by atoms with van der Waals surface area (Å²) >= 11 is 11.6. The lowest BCUT2D eigenvalue weighted by Gasteiger charge is -2.25. The molecule has 4 heteroatoms. The fourth-order valence-electron chi connectivity index (χ4n) is 1.40. The molecule has 2 nitrogen and oxygen atoms in total. The molecule has 1 rings (SSSR count). The third-order valence-electron chi connectivity index (χ3n) is 2.10. The van der Waals surface area contributed by atoms with Crippen LogP contribution in [0.5, 0.6) is 0 Å². The highest BCUT2D eigenvalue weighted by Gasteiger charge is 2.20. The van der Waals surface area contributed by atoms with Crippen LogP contribution in [0.15, 0.2) is 18.2 Å². The molecule has 0 aliphatic carbocycles. The fraction of sp³-hybridized carbons (Fsp3) is 0.462. The maximum absolute atomic E-state index is 12.4. The van der Waals surface area contributed by atoms with Crippen molar-refractivity contribution in [2.45, 2.75) is 39.1 Å². The molecule has 1 aromatic carbocycles. The van der Waals surface area contributed by atoms with E-state index >= 15 is 0 Å². The summed E-state index contributed by atoms with van der Waals surface area (Å²) in [4.78, 5) is 12.4. The van der Waals surface area contributed by atoms with Gasteiger partial charge in [-0.05, 0) is 45.8 Å². The van der Waals surface area contributed by atoms with E-state index in [9.17, 15) is 4.79 Å². The molecule has 1 N–H and O–H groups in total. The molecule has 0 saturated heterocycles. The lowest BCUT2D eigenvalue weighted by Crippen LogP contribution is -2.46. The first kappa shape index (κ1) is 7.78. The molecule has 1 aromatic rings. The summed E-state index contributed by atoms with van der Waals surface area (Å²) in [7, 11) is 0. The smallest absolute Gasteiger partial charge is 0.179 e. The van der Waals surface area contributed by atoms with Crippen LogP contribution in [0.4, 0.5) is 0 Å². The van der Waals surface area contributed by atoms with Crippen LogP contribution >= 0.6 is 23.2 Å². The topological polar surface area (TPSA) is 29.1 Å². The van der Waals surface area contributed by atoms with E-state index in [2.05, 4.69) is 5.32 Å². The van der Waals surface area contributed by atoms with Crippen LogP contribution in [-0.4, -0.2) is 17.4 Å². The van der Waals surface area contributed by atoms with Gasteiger partial charge in [-0.15, -0.1) is 0 Å². The van der Waals surface area contributed by atoms with E-state index in [0.717, 1.165) is 6.92 Å². The maximum atomic E-state index is 12.4. The number of hydrogen-bond acceptors (Lipinski definition) is 2. The third-order valence-corrected chi connectivity index (χ3v) is 2.84. The first-order valence-electron chi connectivity index (χ1n) is 7.97. The minimum absolute atomic E-state index is 0.180. The largest absolute Gasteiger partial charge is 0.303 e. The number of carbonyl (C=O) groups excluding carboxylic acids is 1. The van der Waals surface area contributed by atoms with E-state index in [1.54, 1.807) is 0 Å². The monoisotopic (exact) mass is 279 g/mol. The predicted octanol–water partition coefficient (Wildman–Crippen LogP) is 3.95. The molecule has 1 atom stereocenters. The first-order chi connectivity index (χ1) is 10.2. The molecule has 1 unspecified atom stereocenters. The highest BCUT2D eigenvalue weighted by Crippen LogP contribution is 2.23. The predicted molar refractivity (Wildman–Crippen MR) is 73.1 cm³/mol. The molecular formula is C13H17Cl2NO. The quantitative estimate of drug-likeness (QED) is 0.849. The van der Waals surface area contributed by atoms with Crippen molar-refractivity contribution in [1.29, 1.82) is 0 Å². The summed E-state index contributed by atoms with van der Waals surface area (Å²) in [5.74, 6) is -0.483. The lowest BCUT2D eigenvalue weighted by atomic mass is 10.0. The van der Waals surface area contributed by atoms with E-state index in [1.165, 1.54) is 25.1 Å². The van der Waals surface area contributed by atoms with Crippen LogP contribution in [-0.2, 0) is 0 Å². The summed E-state index contributed by atoms with van der Waals surface area (Å²) in [6, 6.07) is 3.19. The molecule has 0 aromatic heterocycles.